The second-order valence-electron chi connectivity index (χ2n) is 4.69. The lowest BCUT2D eigenvalue weighted by molar-refractivity contribution is -0.385. The van der Waals surface area contributed by atoms with Gasteiger partial charge in [-0.3, -0.25) is 14.9 Å². The molecule has 1 aromatic rings. The molecular weight excluding hydrogens is 286 g/mol. The van der Waals surface area contributed by atoms with Gasteiger partial charge in [-0.25, -0.2) is 8.78 Å². The Morgan fingerprint density at radius 2 is 1.95 bits per heavy atom. The largest absolute Gasteiger partial charge is 0.377 e. The summed E-state index contributed by atoms with van der Waals surface area (Å²) in [6, 6.07) is 0.941. The van der Waals surface area contributed by atoms with Crippen LogP contribution in [0.3, 0.4) is 0 Å². The van der Waals surface area contributed by atoms with E-state index in [0.29, 0.717) is 12.1 Å². The van der Waals surface area contributed by atoms with Crippen molar-refractivity contribution in [2.45, 2.75) is 20.0 Å². The molecule has 0 radical (unpaired) electrons. The van der Waals surface area contributed by atoms with Crippen molar-refractivity contribution >= 4 is 11.6 Å². The monoisotopic (exact) mass is 302 g/mol. The molecule has 0 aliphatic rings. The normalized spacial score (nSPS) is 10.8. The van der Waals surface area contributed by atoms with Crippen LogP contribution in [0.25, 0.3) is 0 Å². The Hall–Kier alpha value is -2.09. The molecular formula is C13H16F2N2O4. The lowest BCUT2D eigenvalue weighted by Crippen LogP contribution is -2.31. The highest BCUT2D eigenvalue weighted by Gasteiger charge is 2.26. The molecule has 8 heteroatoms. The number of benzene rings is 1. The van der Waals surface area contributed by atoms with Gasteiger partial charge in [-0.05, 0) is 19.9 Å². The van der Waals surface area contributed by atoms with Crippen molar-refractivity contribution in [2.75, 3.05) is 20.2 Å². The standard InChI is InChI=1S/C13H16F2N2O4/c1-8(2)21-5-4-16(3)13(18)9-6-10(14)11(15)7-12(9)17(19)20/h6-8H,4-5H2,1-3H3. The number of carbonyl (C=O) groups excluding carboxylic acids is 1. The summed E-state index contributed by atoms with van der Waals surface area (Å²) in [5, 5.41) is 10.8. The maximum absolute atomic E-state index is 13.2. The number of carbonyl (C=O) groups is 1. The average molecular weight is 302 g/mol. The first-order valence-corrected chi connectivity index (χ1v) is 6.24. The molecule has 21 heavy (non-hydrogen) atoms. The number of ether oxygens (including phenoxy) is 1. The number of halogens is 2. The summed E-state index contributed by atoms with van der Waals surface area (Å²) in [6.07, 6.45) is -0.0221. The van der Waals surface area contributed by atoms with Crippen LogP contribution in [0.5, 0.6) is 0 Å². The van der Waals surface area contributed by atoms with Gasteiger partial charge in [0.05, 0.1) is 23.7 Å². The van der Waals surface area contributed by atoms with Crippen LogP contribution < -0.4 is 0 Å². The first-order valence-electron chi connectivity index (χ1n) is 6.24. The lowest BCUT2D eigenvalue weighted by Gasteiger charge is -2.18. The molecule has 0 aliphatic carbocycles. The molecule has 0 fully saturated rings. The number of hydrogen-bond acceptors (Lipinski definition) is 4. The van der Waals surface area contributed by atoms with Gasteiger partial charge in [0.25, 0.3) is 11.6 Å². The van der Waals surface area contributed by atoms with Gasteiger partial charge < -0.3 is 9.64 Å². The molecule has 0 heterocycles. The number of likely N-dealkylation sites (N-methyl/N-ethyl adjacent to an activating group) is 1. The summed E-state index contributed by atoms with van der Waals surface area (Å²) in [7, 11) is 1.40. The second kappa shape index (κ2) is 7.07. The summed E-state index contributed by atoms with van der Waals surface area (Å²) in [5.74, 6) is -3.45. The minimum absolute atomic E-state index is 0.0221. The Labute approximate surface area is 120 Å². The van der Waals surface area contributed by atoms with Crippen molar-refractivity contribution in [2.24, 2.45) is 0 Å². The highest BCUT2D eigenvalue weighted by molar-refractivity contribution is 5.98. The zero-order chi connectivity index (χ0) is 16.2. The third-order valence-electron chi connectivity index (χ3n) is 2.69. The van der Waals surface area contributed by atoms with Gasteiger partial charge >= 0.3 is 0 Å². The number of nitrogens with zero attached hydrogens (tertiary/aromatic N) is 2. The van der Waals surface area contributed by atoms with Crippen molar-refractivity contribution < 1.29 is 23.2 Å². The molecule has 0 N–H and O–H groups in total. The molecule has 0 atom stereocenters. The van der Waals surface area contributed by atoms with Crippen LogP contribution in [0.2, 0.25) is 0 Å². The van der Waals surface area contributed by atoms with Gasteiger partial charge in [-0.2, -0.15) is 0 Å². The molecule has 0 bridgehead atoms. The van der Waals surface area contributed by atoms with E-state index in [-0.39, 0.29) is 19.3 Å². The molecule has 0 spiro atoms. The second-order valence-corrected chi connectivity index (χ2v) is 4.69. The first-order chi connectivity index (χ1) is 9.73. The fourth-order valence-corrected chi connectivity index (χ4v) is 1.59. The van der Waals surface area contributed by atoms with Crippen LogP contribution >= 0.6 is 0 Å². The lowest BCUT2D eigenvalue weighted by atomic mass is 10.1. The predicted octanol–water partition coefficient (Wildman–Crippen LogP) is 2.37. The van der Waals surface area contributed by atoms with Crippen LogP contribution in [0.1, 0.15) is 24.2 Å². The zero-order valence-corrected chi connectivity index (χ0v) is 11.9. The highest BCUT2D eigenvalue weighted by Crippen LogP contribution is 2.23. The van der Waals surface area contributed by atoms with Gasteiger partial charge in [0.15, 0.2) is 11.6 Å². The molecule has 6 nitrogen and oxygen atoms in total. The summed E-state index contributed by atoms with van der Waals surface area (Å²) in [5.41, 5.74) is -1.26. The number of hydrogen-bond donors (Lipinski definition) is 0. The Morgan fingerprint density at radius 3 is 2.48 bits per heavy atom. The third-order valence-corrected chi connectivity index (χ3v) is 2.69. The quantitative estimate of drug-likeness (QED) is 0.597. The number of rotatable bonds is 6. The Balaban J connectivity index is 2.95. The average Bonchev–Trinajstić information content (AvgIpc) is 2.39. The van der Waals surface area contributed by atoms with Crippen LogP contribution in [-0.4, -0.2) is 42.0 Å². The molecule has 1 rings (SSSR count). The van der Waals surface area contributed by atoms with Crippen molar-refractivity contribution in [3.05, 3.63) is 39.4 Å². The van der Waals surface area contributed by atoms with E-state index >= 15 is 0 Å². The van der Waals surface area contributed by atoms with Crippen molar-refractivity contribution in [3.8, 4) is 0 Å². The first kappa shape index (κ1) is 17.0. The number of amides is 1. The van der Waals surface area contributed by atoms with E-state index in [1.165, 1.54) is 7.05 Å². The predicted molar refractivity (Wildman–Crippen MR) is 71.1 cm³/mol. The van der Waals surface area contributed by atoms with Gasteiger partial charge in [0.1, 0.15) is 5.56 Å². The van der Waals surface area contributed by atoms with Crippen LogP contribution in [0, 0.1) is 21.7 Å². The maximum Gasteiger partial charge on any atom is 0.285 e. The minimum Gasteiger partial charge on any atom is -0.377 e. The molecule has 1 aromatic carbocycles. The Bertz CT molecular complexity index is 549. The van der Waals surface area contributed by atoms with Gasteiger partial charge in [0, 0.05) is 13.6 Å². The van der Waals surface area contributed by atoms with Crippen molar-refractivity contribution in [1.82, 2.24) is 4.90 Å². The van der Waals surface area contributed by atoms with Crippen LogP contribution in [-0.2, 0) is 4.74 Å². The summed E-state index contributed by atoms with van der Waals surface area (Å²) >= 11 is 0. The smallest absolute Gasteiger partial charge is 0.285 e. The zero-order valence-electron chi connectivity index (χ0n) is 11.9. The van der Waals surface area contributed by atoms with E-state index in [1.807, 2.05) is 13.8 Å². The molecule has 0 unspecified atom stereocenters. The van der Waals surface area contributed by atoms with Crippen LogP contribution in [0.4, 0.5) is 14.5 Å². The van der Waals surface area contributed by atoms with Crippen molar-refractivity contribution in [3.63, 3.8) is 0 Å². The highest BCUT2D eigenvalue weighted by atomic mass is 19.2. The molecule has 0 aliphatic heterocycles. The SMILES string of the molecule is CC(C)OCCN(C)C(=O)c1cc(F)c(F)cc1[N+](=O)[O-]. The molecule has 1 amide bonds. The number of nitro benzene ring substituents is 1. The van der Waals surface area contributed by atoms with E-state index in [1.54, 1.807) is 0 Å². The minimum atomic E-state index is -1.37. The van der Waals surface area contributed by atoms with E-state index in [4.69, 9.17) is 4.74 Å². The topological polar surface area (TPSA) is 72.7 Å². The van der Waals surface area contributed by atoms with E-state index in [9.17, 15) is 23.7 Å². The Kier molecular flexibility index (Phi) is 5.71. The van der Waals surface area contributed by atoms with Gasteiger partial charge in [-0.15, -0.1) is 0 Å². The molecule has 116 valence electrons. The van der Waals surface area contributed by atoms with Gasteiger partial charge in [0.2, 0.25) is 0 Å². The summed E-state index contributed by atoms with van der Waals surface area (Å²) < 4.78 is 31.5. The van der Waals surface area contributed by atoms with Crippen LogP contribution in [0.15, 0.2) is 12.1 Å². The Morgan fingerprint density at radius 1 is 1.38 bits per heavy atom. The molecule has 0 saturated carbocycles. The van der Waals surface area contributed by atoms with E-state index < -0.39 is 33.7 Å². The van der Waals surface area contributed by atoms with Gasteiger partial charge in [-0.1, -0.05) is 0 Å². The summed E-state index contributed by atoms with van der Waals surface area (Å²) in [6.45, 7) is 4.05. The third kappa shape index (κ3) is 4.45. The molecule has 0 aromatic heterocycles. The van der Waals surface area contributed by atoms with E-state index in [0.717, 1.165) is 4.90 Å². The fourth-order valence-electron chi connectivity index (χ4n) is 1.59. The fraction of sp³-hybridized carbons (Fsp3) is 0.462. The summed E-state index contributed by atoms with van der Waals surface area (Å²) in [4.78, 5) is 23.2. The van der Waals surface area contributed by atoms with Crippen molar-refractivity contribution in [1.29, 1.82) is 0 Å². The molecule has 0 saturated heterocycles. The number of nitro groups is 1. The van der Waals surface area contributed by atoms with E-state index in [2.05, 4.69) is 0 Å². The maximum atomic E-state index is 13.2.